The number of amides is 3. The fraction of sp³-hybridized carbons (Fsp3) is 0.357. The number of aromatic hydroxyl groups is 1. The summed E-state index contributed by atoms with van der Waals surface area (Å²) in [6.07, 6.45) is 1.71. The molecule has 1 unspecified atom stereocenters. The Morgan fingerprint density at radius 2 is 2.19 bits per heavy atom. The number of urea groups is 1. The second-order valence-corrected chi connectivity index (χ2v) is 4.88. The maximum atomic E-state index is 12.1. The highest BCUT2D eigenvalue weighted by atomic mass is 16.5. The van der Waals surface area contributed by atoms with Crippen LogP contribution in [-0.2, 0) is 4.79 Å². The molecule has 2 N–H and O–H groups in total. The van der Waals surface area contributed by atoms with Gasteiger partial charge in [-0.1, -0.05) is 13.0 Å². The molecule has 1 heterocycles. The Balaban J connectivity index is 2.26. The number of hydrazone groups is 1. The number of hydrogen-bond acceptors (Lipinski definition) is 5. The Bertz CT molecular complexity index is 614. The number of carbonyl (C=O) groups excluding carboxylic acids is 2. The molecule has 0 aromatic heterocycles. The lowest BCUT2D eigenvalue weighted by Crippen LogP contribution is -2.42. The minimum atomic E-state index is -0.940. The lowest BCUT2D eigenvalue weighted by atomic mass is 10.00. The number of carbonyl (C=O) groups is 2. The fourth-order valence-corrected chi connectivity index (χ4v) is 1.94. The number of nitrogens with zero attached hydrogens (tertiary/aromatic N) is 2. The van der Waals surface area contributed by atoms with Gasteiger partial charge in [-0.2, -0.15) is 5.10 Å². The highest BCUT2D eigenvalue weighted by Crippen LogP contribution is 2.28. The van der Waals surface area contributed by atoms with Crippen LogP contribution in [0.1, 0.15) is 25.8 Å². The molecule has 1 fully saturated rings. The van der Waals surface area contributed by atoms with Crippen molar-refractivity contribution in [1.82, 2.24) is 10.3 Å². The van der Waals surface area contributed by atoms with Crippen molar-refractivity contribution in [2.24, 2.45) is 5.10 Å². The Morgan fingerprint density at radius 1 is 1.48 bits per heavy atom. The monoisotopic (exact) mass is 291 g/mol. The van der Waals surface area contributed by atoms with E-state index in [1.54, 1.807) is 32.0 Å². The van der Waals surface area contributed by atoms with Crippen molar-refractivity contribution in [1.29, 1.82) is 0 Å². The standard InChI is InChI=1S/C14H17N3O4/c1-4-14(2)12(19)17(13(20)16-14)15-8-9-6-5-7-10(21-3)11(9)18/h5-8,18H,4H2,1-3H3,(H,16,20). The van der Waals surface area contributed by atoms with Crippen molar-refractivity contribution >= 4 is 18.2 Å². The molecular formula is C14H17N3O4. The van der Waals surface area contributed by atoms with E-state index in [4.69, 9.17) is 4.74 Å². The zero-order valence-corrected chi connectivity index (χ0v) is 12.1. The molecule has 3 amide bonds. The van der Waals surface area contributed by atoms with Crippen LogP contribution >= 0.6 is 0 Å². The number of phenols is 1. The number of nitrogens with one attached hydrogen (secondary N) is 1. The molecule has 21 heavy (non-hydrogen) atoms. The summed E-state index contributed by atoms with van der Waals surface area (Å²) in [5, 5.41) is 17.1. The van der Waals surface area contributed by atoms with Gasteiger partial charge in [-0.15, -0.1) is 5.01 Å². The average molecular weight is 291 g/mol. The van der Waals surface area contributed by atoms with E-state index in [0.29, 0.717) is 12.0 Å². The first-order valence-corrected chi connectivity index (χ1v) is 6.49. The van der Waals surface area contributed by atoms with Gasteiger partial charge in [-0.05, 0) is 25.5 Å². The molecule has 1 aliphatic rings. The molecule has 1 atom stereocenters. The summed E-state index contributed by atoms with van der Waals surface area (Å²) in [6.45, 7) is 3.45. The molecule has 1 saturated heterocycles. The van der Waals surface area contributed by atoms with Crippen molar-refractivity contribution in [3.05, 3.63) is 23.8 Å². The molecule has 0 saturated carbocycles. The summed E-state index contributed by atoms with van der Waals surface area (Å²) in [5.74, 6) is -0.239. The highest BCUT2D eigenvalue weighted by Gasteiger charge is 2.46. The molecule has 1 aromatic rings. The lowest BCUT2D eigenvalue weighted by molar-refractivity contribution is -0.130. The van der Waals surface area contributed by atoms with Gasteiger partial charge >= 0.3 is 6.03 Å². The van der Waals surface area contributed by atoms with Crippen molar-refractivity contribution in [2.75, 3.05) is 7.11 Å². The van der Waals surface area contributed by atoms with Crippen LogP contribution in [0.15, 0.2) is 23.3 Å². The highest BCUT2D eigenvalue weighted by molar-refractivity contribution is 6.07. The topological polar surface area (TPSA) is 91.2 Å². The number of methoxy groups -OCH3 is 1. The number of hydrogen-bond donors (Lipinski definition) is 2. The molecule has 0 radical (unpaired) electrons. The van der Waals surface area contributed by atoms with Gasteiger partial charge < -0.3 is 15.2 Å². The number of para-hydroxylation sites is 1. The average Bonchev–Trinajstić information content (AvgIpc) is 2.69. The third-order valence-electron chi connectivity index (χ3n) is 3.51. The summed E-state index contributed by atoms with van der Waals surface area (Å²) in [6, 6.07) is 4.28. The molecule has 1 aliphatic heterocycles. The van der Waals surface area contributed by atoms with Gasteiger partial charge in [0.05, 0.1) is 13.3 Å². The maximum Gasteiger partial charge on any atom is 0.346 e. The molecule has 112 valence electrons. The predicted molar refractivity (Wildman–Crippen MR) is 76.3 cm³/mol. The summed E-state index contributed by atoms with van der Waals surface area (Å²) in [5.41, 5.74) is -0.592. The smallest absolute Gasteiger partial charge is 0.346 e. The summed E-state index contributed by atoms with van der Waals surface area (Å²) in [7, 11) is 1.43. The van der Waals surface area contributed by atoms with Crippen molar-refractivity contribution < 1.29 is 19.4 Å². The first-order chi connectivity index (χ1) is 9.92. The lowest BCUT2D eigenvalue weighted by Gasteiger charge is -2.17. The first kappa shape index (κ1) is 14.8. The minimum absolute atomic E-state index is 0.103. The third-order valence-corrected chi connectivity index (χ3v) is 3.51. The zero-order valence-electron chi connectivity index (χ0n) is 12.1. The Morgan fingerprint density at radius 3 is 2.76 bits per heavy atom. The minimum Gasteiger partial charge on any atom is -0.504 e. The van der Waals surface area contributed by atoms with Crippen molar-refractivity contribution in [2.45, 2.75) is 25.8 Å². The normalized spacial score (nSPS) is 22.0. The molecule has 0 spiro atoms. The Hall–Kier alpha value is -2.57. The van der Waals surface area contributed by atoms with Crippen molar-refractivity contribution in [3.63, 3.8) is 0 Å². The SMILES string of the molecule is CCC1(C)NC(=O)N(N=Cc2cccc(OC)c2O)C1=O. The number of imide groups is 1. The molecule has 7 heteroatoms. The van der Waals surface area contributed by atoms with Gasteiger partial charge in [0.15, 0.2) is 11.5 Å². The number of benzene rings is 1. The fourth-order valence-electron chi connectivity index (χ4n) is 1.94. The van der Waals surface area contributed by atoms with Gasteiger partial charge in [-0.3, -0.25) is 4.79 Å². The molecule has 0 bridgehead atoms. The zero-order chi connectivity index (χ0) is 15.6. The van der Waals surface area contributed by atoms with Gasteiger partial charge in [0.25, 0.3) is 5.91 Å². The van der Waals surface area contributed by atoms with Crippen molar-refractivity contribution in [3.8, 4) is 11.5 Å². The van der Waals surface area contributed by atoms with Crippen LogP contribution in [-0.4, -0.2) is 40.9 Å². The van der Waals surface area contributed by atoms with Gasteiger partial charge in [-0.25, -0.2) is 4.79 Å². The molecular weight excluding hydrogens is 274 g/mol. The van der Waals surface area contributed by atoms with Crippen LogP contribution in [0.3, 0.4) is 0 Å². The largest absolute Gasteiger partial charge is 0.504 e. The molecule has 2 rings (SSSR count). The van der Waals surface area contributed by atoms with Crippen LogP contribution in [0.2, 0.25) is 0 Å². The summed E-state index contributed by atoms with van der Waals surface area (Å²) >= 11 is 0. The quantitative estimate of drug-likeness (QED) is 0.649. The molecule has 1 aromatic carbocycles. The number of rotatable bonds is 4. The second-order valence-electron chi connectivity index (χ2n) is 4.88. The second kappa shape index (κ2) is 5.43. The summed E-state index contributed by atoms with van der Waals surface area (Å²) < 4.78 is 4.98. The van der Waals surface area contributed by atoms with E-state index in [1.807, 2.05) is 0 Å². The van der Waals surface area contributed by atoms with E-state index >= 15 is 0 Å². The van der Waals surface area contributed by atoms with Gasteiger partial charge in [0.1, 0.15) is 5.54 Å². The Labute approximate surface area is 122 Å². The maximum absolute atomic E-state index is 12.1. The van der Waals surface area contributed by atoms with Gasteiger partial charge in [0.2, 0.25) is 0 Å². The van der Waals surface area contributed by atoms with E-state index in [9.17, 15) is 14.7 Å². The van der Waals surface area contributed by atoms with E-state index in [-0.39, 0.29) is 11.5 Å². The predicted octanol–water partition coefficient (Wildman–Crippen LogP) is 1.46. The first-order valence-electron chi connectivity index (χ1n) is 6.49. The van der Waals surface area contributed by atoms with Crippen LogP contribution < -0.4 is 10.1 Å². The molecule has 7 nitrogen and oxygen atoms in total. The number of phenolic OH excluding ortho intramolecular Hbond substituents is 1. The van der Waals surface area contributed by atoms with Gasteiger partial charge in [0, 0.05) is 5.56 Å². The van der Waals surface area contributed by atoms with E-state index in [0.717, 1.165) is 5.01 Å². The number of ether oxygens (including phenoxy) is 1. The third kappa shape index (κ3) is 2.54. The van der Waals surface area contributed by atoms with E-state index in [2.05, 4.69) is 10.4 Å². The Kier molecular flexibility index (Phi) is 3.84. The van der Waals surface area contributed by atoms with E-state index in [1.165, 1.54) is 13.3 Å². The van der Waals surface area contributed by atoms with Crippen LogP contribution in [0.5, 0.6) is 11.5 Å². The van der Waals surface area contributed by atoms with Crippen LogP contribution in [0, 0.1) is 0 Å². The summed E-state index contributed by atoms with van der Waals surface area (Å²) in [4.78, 5) is 23.9. The molecule has 0 aliphatic carbocycles. The van der Waals surface area contributed by atoms with E-state index < -0.39 is 17.5 Å². The van der Waals surface area contributed by atoms with Crippen LogP contribution in [0.4, 0.5) is 4.79 Å². The van der Waals surface area contributed by atoms with Crippen LogP contribution in [0.25, 0.3) is 0 Å².